The van der Waals surface area contributed by atoms with Gasteiger partial charge in [-0.2, -0.15) is 4.31 Å². The molecule has 0 aliphatic carbocycles. The van der Waals surface area contributed by atoms with Crippen LogP contribution in [0, 0.1) is 5.82 Å². The van der Waals surface area contributed by atoms with Gasteiger partial charge in [-0.3, -0.25) is 5.43 Å². The number of hydrogen-bond donors (Lipinski definition) is 2. The summed E-state index contributed by atoms with van der Waals surface area (Å²) in [6, 6.07) is 5.72. The van der Waals surface area contributed by atoms with Gasteiger partial charge < -0.3 is 0 Å². The molecule has 27 heavy (non-hydrogen) atoms. The maximum atomic E-state index is 13.8. The molecule has 0 fully saturated rings. The van der Waals surface area contributed by atoms with E-state index in [2.05, 4.69) is 10.4 Å². The first-order valence-corrected chi connectivity index (χ1v) is 11.1. The van der Waals surface area contributed by atoms with E-state index >= 15 is 0 Å². The molecule has 1 heterocycles. The monoisotopic (exact) mass is 436 g/mol. The van der Waals surface area contributed by atoms with Crippen molar-refractivity contribution in [3.8, 4) is 0 Å². The number of sulfonamides is 2. The van der Waals surface area contributed by atoms with Gasteiger partial charge in [0, 0.05) is 24.3 Å². The number of rotatable bonds is 8. The second-order valence-electron chi connectivity index (χ2n) is 5.27. The van der Waals surface area contributed by atoms with Gasteiger partial charge in [0.25, 0.3) is 10.0 Å². The Balaban J connectivity index is 2.15. The predicted octanol–water partition coefficient (Wildman–Crippen LogP) is 2.21. The molecule has 0 spiro atoms. The summed E-state index contributed by atoms with van der Waals surface area (Å²) in [4.78, 5) is 5.22. The van der Waals surface area contributed by atoms with Crippen LogP contribution in [0.4, 0.5) is 10.2 Å². The maximum absolute atomic E-state index is 13.8. The Hall–Kier alpha value is -1.79. The summed E-state index contributed by atoms with van der Waals surface area (Å²) < 4.78 is 64.1. The van der Waals surface area contributed by atoms with Crippen molar-refractivity contribution in [3.63, 3.8) is 0 Å². The van der Waals surface area contributed by atoms with Crippen molar-refractivity contribution in [2.24, 2.45) is 0 Å². The molecule has 2 aromatic rings. The van der Waals surface area contributed by atoms with Gasteiger partial charge in [-0.25, -0.2) is 26.2 Å². The Kier molecular flexibility index (Phi) is 6.76. The van der Waals surface area contributed by atoms with Crippen LogP contribution < -0.4 is 10.3 Å². The summed E-state index contributed by atoms with van der Waals surface area (Å²) in [6.07, 6.45) is 1.10. The van der Waals surface area contributed by atoms with Gasteiger partial charge in [-0.1, -0.05) is 25.4 Å². The van der Waals surface area contributed by atoms with E-state index in [0.29, 0.717) is 13.1 Å². The van der Waals surface area contributed by atoms with Gasteiger partial charge in [0.05, 0.1) is 0 Å². The Morgan fingerprint density at radius 3 is 2.30 bits per heavy atom. The van der Waals surface area contributed by atoms with E-state index in [0.717, 1.165) is 18.3 Å². The fraction of sp³-hybridized carbons (Fsp3) is 0.267. The minimum Gasteiger partial charge on any atom is -0.292 e. The molecule has 0 aliphatic heterocycles. The zero-order valence-corrected chi connectivity index (χ0v) is 16.9. The predicted molar refractivity (Wildman–Crippen MR) is 99.7 cm³/mol. The number of halogens is 2. The van der Waals surface area contributed by atoms with Crippen molar-refractivity contribution in [3.05, 3.63) is 47.4 Å². The van der Waals surface area contributed by atoms with E-state index in [1.807, 2.05) is 4.83 Å². The second-order valence-corrected chi connectivity index (χ2v) is 9.30. The van der Waals surface area contributed by atoms with Crippen LogP contribution in [0.15, 0.2) is 46.3 Å². The summed E-state index contributed by atoms with van der Waals surface area (Å²) in [5.74, 6) is -0.975. The van der Waals surface area contributed by atoms with Crippen molar-refractivity contribution in [1.29, 1.82) is 0 Å². The Bertz CT molecular complexity index is 1010. The highest BCUT2D eigenvalue weighted by atomic mass is 35.5. The third kappa shape index (κ3) is 4.93. The third-order valence-corrected chi connectivity index (χ3v) is 7.13. The molecule has 2 N–H and O–H groups in total. The number of nitrogens with zero attached hydrogens (tertiary/aromatic N) is 2. The molecule has 2 rings (SSSR count). The zero-order valence-electron chi connectivity index (χ0n) is 14.5. The van der Waals surface area contributed by atoms with Crippen LogP contribution in [0.3, 0.4) is 0 Å². The number of hydrazine groups is 1. The van der Waals surface area contributed by atoms with E-state index in [9.17, 15) is 21.2 Å². The highest BCUT2D eigenvalue weighted by Gasteiger charge is 2.22. The Labute approximate surface area is 162 Å². The van der Waals surface area contributed by atoms with Crippen molar-refractivity contribution in [2.45, 2.75) is 23.6 Å². The van der Waals surface area contributed by atoms with Crippen LogP contribution in [0.25, 0.3) is 0 Å². The summed E-state index contributed by atoms with van der Waals surface area (Å²) in [6.45, 7) is 4.06. The average Bonchev–Trinajstić information content (AvgIpc) is 2.61. The summed E-state index contributed by atoms with van der Waals surface area (Å²) in [5, 5.41) is 0.0612. The van der Waals surface area contributed by atoms with Gasteiger partial charge in [-0.05, 0) is 30.3 Å². The Morgan fingerprint density at radius 1 is 1.11 bits per heavy atom. The largest absolute Gasteiger partial charge is 0.292 e. The normalized spacial score (nSPS) is 12.3. The number of nitrogens with one attached hydrogen (secondary N) is 2. The molecule has 0 aliphatic rings. The molecule has 0 saturated heterocycles. The first kappa shape index (κ1) is 21.5. The van der Waals surface area contributed by atoms with Crippen LogP contribution >= 0.6 is 11.6 Å². The van der Waals surface area contributed by atoms with Gasteiger partial charge in [0.1, 0.15) is 21.4 Å². The van der Waals surface area contributed by atoms with Crippen LogP contribution in [0.1, 0.15) is 13.8 Å². The molecule has 8 nitrogen and oxygen atoms in total. The van der Waals surface area contributed by atoms with Crippen molar-refractivity contribution < 1.29 is 21.2 Å². The summed E-state index contributed by atoms with van der Waals surface area (Å²) >= 11 is 5.60. The first-order valence-electron chi connectivity index (χ1n) is 7.81. The molecule has 0 saturated carbocycles. The van der Waals surface area contributed by atoms with Gasteiger partial charge >= 0.3 is 0 Å². The molecule has 0 bridgehead atoms. The van der Waals surface area contributed by atoms with Crippen molar-refractivity contribution in [2.75, 3.05) is 18.5 Å². The number of pyridine rings is 1. The van der Waals surface area contributed by atoms with E-state index in [-0.39, 0.29) is 15.7 Å². The van der Waals surface area contributed by atoms with Gasteiger partial charge in [0.15, 0.2) is 0 Å². The lowest BCUT2D eigenvalue weighted by Crippen LogP contribution is -2.31. The second kappa shape index (κ2) is 8.48. The van der Waals surface area contributed by atoms with Crippen LogP contribution in [-0.2, 0) is 20.0 Å². The fourth-order valence-corrected chi connectivity index (χ4v) is 4.66. The van der Waals surface area contributed by atoms with Gasteiger partial charge in [-0.15, -0.1) is 4.83 Å². The minimum atomic E-state index is -4.23. The quantitative estimate of drug-likeness (QED) is 0.614. The summed E-state index contributed by atoms with van der Waals surface area (Å²) in [7, 11) is -7.90. The van der Waals surface area contributed by atoms with E-state index < -0.39 is 30.8 Å². The number of hydrogen-bond acceptors (Lipinski definition) is 6. The molecule has 0 unspecified atom stereocenters. The molecular formula is C15H18ClFN4O4S2. The highest BCUT2D eigenvalue weighted by Crippen LogP contribution is 2.19. The van der Waals surface area contributed by atoms with E-state index in [1.54, 1.807) is 13.8 Å². The molecule has 1 aromatic carbocycles. The molecular weight excluding hydrogens is 419 g/mol. The first-order chi connectivity index (χ1) is 12.6. The highest BCUT2D eigenvalue weighted by molar-refractivity contribution is 7.89. The summed E-state index contributed by atoms with van der Waals surface area (Å²) in [5.41, 5.74) is 2.30. The van der Waals surface area contributed by atoms with Crippen LogP contribution in [0.5, 0.6) is 0 Å². The average molecular weight is 437 g/mol. The van der Waals surface area contributed by atoms with Crippen molar-refractivity contribution >= 4 is 37.5 Å². The third-order valence-electron chi connectivity index (χ3n) is 3.58. The van der Waals surface area contributed by atoms with Crippen LogP contribution in [-0.4, -0.2) is 39.2 Å². The van der Waals surface area contributed by atoms with Gasteiger partial charge in [0.2, 0.25) is 10.0 Å². The lowest BCUT2D eigenvalue weighted by atomic mass is 10.3. The smallest absolute Gasteiger partial charge is 0.260 e. The molecule has 0 atom stereocenters. The topological polar surface area (TPSA) is 108 Å². The number of benzene rings is 1. The lowest BCUT2D eigenvalue weighted by molar-refractivity contribution is 0.445. The Morgan fingerprint density at radius 2 is 1.78 bits per heavy atom. The SMILES string of the molecule is CCN(CC)S(=O)(=O)c1ccc(NNS(=O)(=O)c2ccc(Cl)cc2F)nc1. The minimum absolute atomic E-state index is 0.0247. The standard InChI is InChI=1S/C15H18ClFN4O4S2/c1-3-21(4-2)27(24,25)12-6-8-15(18-10-12)19-20-26(22,23)14-7-5-11(16)9-13(14)17/h5-10,20H,3-4H2,1-2H3,(H,18,19). The molecule has 12 heteroatoms. The van der Waals surface area contributed by atoms with Crippen LogP contribution in [0.2, 0.25) is 5.02 Å². The zero-order chi connectivity index (χ0) is 20.2. The number of aromatic nitrogens is 1. The molecule has 148 valence electrons. The molecule has 0 amide bonds. The van der Waals surface area contributed by atoms with E-state index in [1.165, 1.54) is 22.5 Å². The van der Waals surface area contributed by atoms with Crippen molar-refractivity contribution in [1.82, 2.24) is 14.1 Å². The van der Waals surface area contributed by atoms with E-state index in [4.69, 9.17) is 11.6 Å². The maximum Gasteiger partial charge on any atom is 0.260 e. The molecule has 1 aromatic heterocycles. The fourth-order valence-electron chi connectivity index (χ4n) is 2.19. The lowest BCUT2D eigenvalue weighted by Gasteiger charge is -2.18. The number of anilines is 1. The molecule has 0 radical (unpaired) electrons.